The first-order valence-corrected chi connectivity index (χ1v) is 5.32. The minimum absolute atomic E-state index is 0.387. The number of rotatable bonds is 4. The predicted molar refractivity (Wildman–Crippen MR) is 54.8 cm³/mol. The highest BCUT2D eigenvalue weighted by Crippen LogP contribution is 2.29. The van der Waals surface area contributed by atoms with E-state index in [0.29, 0.717) is 11.3 Å². The molecule has 0 radical (unpaired) electrons. The Kier molecular flexibility index (Phi) is 5.05. The fourth-order valence-electron chi connectivity index (χ4n) is 1.62. The summed E-state index contributed by atoms with van der Waals surface area (Å²) in [4.78, 5) is 0. The molecule has 1 rings (SSSR count). The molecule has 70 valence electrons. The van der Waals surface area contributed by atoms with Crippen LogP contribution in [0.4, 0.5) is 0 Å². The Labute approximate surface area is 84.1 Å². The van der Waals surface area contributed by atoms with Crippen molar-refractivity contribution < 1.29 is 0 Å². The molecule has 1 fully saturated rings. The van der Waals surface area contributed by atoms with Crippen molar-refractivity contribution in [2.75, 3.05) is 13.1 Å². The monoisotopic (exact) mass is 207 g/mol. The van der Waals surface area contributed by atoms with Crippen LogP contribution in [0.15, 0.2) is 11.6 Å². The molecule has 12 heavy (non-hydrogen) atoms. The Hall–Kier alpha value is 0.280. The largest absolute Gasteiger partial charge is 0.313 e. The van der Waals surface area contributed by atoms with Gasteiger partial charge in [0.1, 0.15) is 0 Å². The van der Waals surface area contributed by atoms with E-state index < -0.39 is 0 Å². The predicted octanol–water partition coefficient (Wildman–Crippen LogP) is 2.74. The molecule has 0 bridgehead atoms. The van der Waals surface area contributed by atoms with E-state index in [1.165, 1.54) is 19.3 Å². The molecular formula is C9H15Cl2N. The van der Waals surface area contributed by atoms with Crippen LogP contribution in [0, 0.1) is 5.92 Å². The van der Waals surface area contributed by atoms with Gasteiger partial charge in [0.15, 0.2) is 0 Å². The maximum atomic E-state index is 6.11. The molecule has 1 aliphatic carbocycles. The zero-order valence-corrected chi connectivity index (χ0v) is 8.61. The van der Waals surface area contributed by atoms with Crippen LogP contribution >= 0.6 is 23.2 Å². The van der Waals surface area contributed by atoms with Gasteiger partial charge >= 0.3 is 0 Å². The molecule has 1 aliphatic rings. The summed E-state index contributed by atoms with van der Waals surface area (Å²) in [5.41, 5.74) is 1.54. The van der Waals surface area contributed by atoms with Gasteiger partial charge in [-0.1, -0.05) is 24.1 Å². The maximum absolute atomic E-state index is 6.11. The summed E-state index contributed by atoms with van der Waals surface area (Å²) in [5, 5.41) is 3.69. The first-order valence-electron chi connectivity index (χ1n) is 4.44. The minimum atomic E-state index is 0.387. The fourth-order valence-corrected chi connectivity index (χ4v) is 2.08. The van der Waals surface area contributed by atoms with Crippen molar-refractivity contribution in [2.45, 2.75) is 24.6 Å². The van der Waals surface area contributed by atoms with Gasteiger partial charge in [0.25, 0.3) is 0 Å². The van der Waals surface area contributed by atoms with Crippen molar-refractivity contribution in [1.29, 1.82) is 0 Å². The normalized spacial score (nSPS) is 30.2. The van der Waals surface area contributed by atoms with Crippen LogP contribution in [0.3, 0.4) is 0 Å². The second-order valence-corrected chi connectivity index (χ2v) is 4.04. The quantitative estimate of drug-likeness (QED) is 0.553. The van der Waals surface area contributed by atoms with E-state index in [9.17, 15) is 0 Å². The second-order valence-electron chi connectivity index (χ2n) is 3.23. The third-order valence-electron chi connectivity index (χ3n) is 2.32. The Balaban J connectivity index is 2.06. The molecule has 2 unspecified atom stereocenters. The third-order valence-corrected chi connectivity index (χ3v) is 3.08. The molecular weight excluding hydrogens is 193 g/mol. The van der Waals surface area contributed by atoms with Gasteiger partial charge in [-0.05, 0) is 25.3 Å². The van der Waals surface area contributed by atoms with E-state index in [1.54, 1.807) is 5.54 Å². The molecule has 0 aromatic heterocycles. The average molecular weight is 208 g/mol. The lowest BCUT2D eigenvalue weighted by Crippen LogP contribution is -2.25. The number of halogens is 2. The Morgan fingerprint density at radius 1 is 1.42 bits per heavy atom. The standard InChI is InChI=1S/C9H15Cl2N/c10-5-2-6-12-7-8-3-1-4-9(8)11/h2,5,8-9,12H,1,3-4,6-7H2/b5-2+. The highest BCUT2D eigenvalue weighted by molar-refractivity contribution is 6.25. The van der Waals surface area contributed by atoms with Crippen LogP contribution in [-0.4, -0.2) is 18.5 Å². The molecule has 0 aromatic carbocycles. The highest BCUT2D eigenvalue weighted by Gasteiger charge is 2.24. The molecule has 1 N–H and O–H groups in total. The summed E-state index contributed by atoms with van der Waals surface area (Å²) < 4.78 is 0. The van der Waals surface area contributed by atoms with E-state index in [-0.39, 0.29) is 0 Å². The molecule has 1 saturated carbocycles. The van der Waals surface area contributed by atoms with Gasteiger partial charge < -0.3 is 5.32 Å². The van der Waals surface area contributed by atoms with E-state index in [4.69, 9.17) is 23.2 Å². The lowest BCUT2D eigenvalue weighted by atomic mass is 10.1. The fraction of sp³-hybridized carbons (Fsp3) is 0.778. The highest BCUT2D eigenvalue weighted by atomic mass is 35.5. The Bertz CT molecular complexity index is 147. The lowest BCUT2D eigenvalue weighted by molar-refractivity contribution is 0.510. The number of alkyl halides is 1. The van der Waals surface area contributed by atoms with Gasteiger partial charge in [-0.3, -0.25) is 0 Å². The summed E-state index contributed by atoms with van der Waals surface area (Å²) in [6.07, 6.45) is 5.64. The zero-order valence-electron chi connectivity index (χ0n) is 7.10. The SMILES string of the molecule is Cl/C=C/CNCC1CCCC1Cl. The molecule has 0 aromatic rings. The summed E-state index contributed by atoms with van der Waals surface area (Å²) in [5.74, 6) is 0.662. The van der Waals surface area contributed by atoms with Crippen molar-refractivity contribution in [2.24, 2.45) is 5.92 Å². The van der Waals surface area contributed by atoms with E-state index in [1.807, 2.05) is 6.08 Å². The molecule has 3 heteroatoms. The average Bonchev–Trinajstić information content (AvgIpc) is 2.46. The van der Waals surface area contributed by atoms with Crippen molar-refractivity contribution in [1.82, 2.24) is 5.32 Å². The minimum Gasteiger partial charge on any atom is -0.313 e. The van der Waals surface area contributed by atoms with Gasteiger partial charge in [0.2, 0.25) is 0 Å². The van der Waals surface area contributed by atoms with Crippen molar-refractivity contribution in [3.05, 3.63) is 11.6 Å². The van der Waals surface area contributed by atoms with Crippen LogP contribution in [-0.2, 0) is 0 Å². The third kappa shape index (κ3) is 3.34. The van der Waals surface area contributed by atoms with Crippen LogP contribution in [0.5, 0.6) is 0 Å². The molecule has 1 nitrogen and oxygen atoms in total. The first-order chi connectivity index (χ1) is 5.84. The van der Waals surface area contributed by atoms with E-state index in [2.05, 4.69) is 5.32 Å². The van der Waals surface area contributed by atoms with Crippen LogP contribution in [0.2, 0.25) is 0 Å². The van der Waals surface area contributed by atoms with Crippen LogP contribution < -0.4 is 5.32 Å². The molecule has 2 atom stereocenters. The van der Waals surface area contributed by atoms with Crippen LogP contribution in [0.25, 0.3) is 0 Å². The van der Waals surface area contributed by atoms with Crippen molar-refractivity contribution in [3.63, 3.8) is 0 Å². The van der Waals surface area contributed by atoms with Crippen LogP contribution in [0.1, 0.15) is 19.3 Å². The molecule has 0 saturated heterocycles. The summed E-state index contributed by atoms with van der Waals surface area (Å²) in [6.45, 7) is 1.87. The van der Waals surface area contributed by atoms with Crippen molar-refractivity contribution >= 4 is 23.2 Å². The van der Waals surface area contributed by atoms with Crippen molar-refractivity contribution in [3.8, 4) is 0 Å². The smallest absolute Gasteiger partial charge is 0.0376 e. The number of hydrogen-bond donors (Lipinski definition) is 1. The number of hydrogen-bond acceptors (Lipinski definition) is 1. The van der Waals surface area contributed by atoms with E-state index >= 15 is 0 Å². The molecule has 0 heterocycles. The summed E-state index contributed by atoms with van der Waals surface area (Å²) in [7, 11) is 0. The lowest BCUT2D eigenvalue weighted by Gasteiger charge is -2.13. The Morgan fingerprint density at radius 3 is 2.83 bits per heavy atom. The Morgan fingerprint density at radius 2 is 2.25 bits per heavy atom. The van der Waals surface area contributed by atoms with Gasteiger partial charge in [0.05, 0.1) is 0 Å². The topological polar surface area (TPSA) is 12.0 Å². The summed E-state index contributed by atoms with van der Waals surface area (Å²) >= 11 is 11.5. The van der Waals surface area contributed by atoms with Gasteiger partial charge in [-0.15, -0.1) is 11.6 Å². The second kappa shape index (κ2) is 5.85. The number of nitrogens with one attached hydrogen (secondary N) is 1. The molecule has 0 spiro atoms. The van der Waals surface area contributed by atoms with E-state index in [0.717, 1.165) is 13.1 Å². The summed E-state index contributed by atoms with van der Waals surface area (Å²) in [6, 6.07) is 0. The molecule has 0 amide bonds. The van der Waals surface area contributed by atoms with Gasteiger partial charge in [-0.2, -0.15) is 0 Å². The molecule has 0 aliphatic heterocycles. The van der Waals surface area contributed by atoms with Gasteiger partial charge in [0, 0.05) is 17.5 Å². The zero-order chi connectivity index (χ0) is 8.81. The maximum Gasteiger partial charge on any atom is 0.0376 e. The van der Waals surface area contributed by atoms with Gasteiger partial charge in [-0.25, -0.2) is 0 Å². The first kappa shape index (κ1) is 10.4.